The number of alkyl carbamates (subject to hydrolysis) is 1. The number of hydrogen-bond donors (Lipinski definition) is 4. The molecule has 4 N–H and O–H groups in total. The highest BCUT2D eigenvalue weighted by molar-refractivity contribution is 5.97. The zero-order valence-corrected chi connectivity index (χ0v) is 33.6. The third-order valence-electron chi connectivity index (χ3n) is 11.4. The number of amides is 4. The Kier molecular flexibility index (Phi) is 13.0. The van der Waals surface area contributed by atoms with Crippen molar-refractivity contribution in [1.29, 1.82) is 0 Å². The van der Waals surface area contributed by atoms with Crippen LogP contribution >= 0.6 is 0 Å². The van der Waals surface area contributed by atoms with Crippen LogP contribution < -0.4 is 16.0 Å². The number of nitrogens with zero attached hydrogens (tertiary/aromatic N) is 2. The largest absolute Gasteiger partial charge is 0.469 e. The maximum atomic E-state index is 13.6. The number of rotatable bonds is 13. The summed E-state index contributed by atoms with van der Waals surface area (Å²) in [7, 11) is 2.60. The summed E-state index contributed by atoms with van der Waals surface area (Å²) in [5.74, 6) is -0.930. The van der Waals surface area contributed by atoms with Gasteiger partial charge in [0.1, 0.15) is 11.9 Å². The SMILES string of the molecule is COC(=O)C[C@H](C(=O)N[C@@H]1CCC[C@H]1NC(=O)c1cccc(-c2ccc3cc(-c4cnc([C@@H]5CCCN5C(=O)[C@@H](NC(=O)OC)C(C)C)[nH]4)ccc3c2)c1)C(C)C. The van der Waals surface area contributed by atoms with Crippen LogP contribution in [0.4, 0.5) is 4.79 Å². The van der Waals surface area contributed by atoms with Gasteiger partial charge in [-0.15, -0.1) is 0 Å². The number of imidazole rings is 1. The predicted octanol–water partition coefficient (Wildman–Crippen LogP) is 6.54. The normalized spacial score (nSPS) is 19.0. The molecule has 1 aliphatic carbocycles. The molecule has 5 atom stereocenters. The second-order valence-electron chi connectivity index (χ2n) is 15.8. The molecule has 3 aromatic carbocycles. The molecular weight excluding hydrogens is 725 g/mol. The highest BCUT2D eigenvalue weighted by atomic mass is 16.5. The van der Waals surface area contributed by atoms with Crippen LogP contribution in [-0.2, 0) is 23.9 Å². The van der Waals surface area contributed by atoms with E-state index in [1.54, 1.807) is 17.2 Å². The fourth-order valence-electron chi connectivity index (χ4n) is 8.02. The summed E-state index contributed by atoms with van der Waals surface area (Å²) in [6, 6.07) is 18.6. The van der Waals surface area contributed by atoms with Crippen LogP contribution in [0.25, 0.3) is 33.2 Å². The molecule has 4 amide bonds. The van der Waals surface area contributed by atoms with Crippen LogP contribution in [-0.4, -0.2) is 83.5 Å². The average molecular weight is 779 g/mol. The van der Waals surface area contributed by atoms with Crippen molar-refractivity contribution in [3.05, 3.63) is 78.2 Å². The minimum Gasteiger partial charge on any atom is -0.469 e. The first-order valence-electron chi connectivity index (χ1n) is 19.9. The zero-order valence-electron chi connectivity index (χ0n) is 33.6. The summed E-state index contributed by atoms with van der Waals surface area (Å²) >= 11 is 0. The number of aromatic nitrogens is 2. The van der Waals surface area contributed by atoms with Crippen molar-refractivity contribution in [3.63, 3.8) is 0 Å². The monoisotopic (exact) mass is 778 g/mol. The predicted molar refractivity (Wildman–Crippen MR) is 217 cm³/mol. The van der Waals surface area contributed by atoms with Gasteiger partial charge in [-0.2, -0.15) is 0 Å². The van der Waals surface area contributed by atoms with Crippen molar-refractivity contribution in [1.82, 2.24) is 30.8 Å². The number of carbonyl (C=O) groups is 5. The molecule has 302 valence electrons. The second kappa shape index (κ2) is 18.0. The highest BCUT2D eigenvalue weighted by Gasteiger charge is 2.38. The summed E-state index contributed by atoms with van der Waals surface area (Å²) in [6.45, 7) is 8.19. The Morgan fingerprint density at radius 2 is 1.49 bits per heavy atom. The lowest BCUT2D eigenvalue weighted by molar-refractivity contribution is -0.145. The molecule has 4 aromatic rings. The zero-order chi connectivity index (χ0) is 40.8. The molecule has 6 rings (SSSR count). The number of H-pyrrole nitrogens is 1. The molecule has 0 unspecified atom stereocenters. The number of likely N-dealkylation sites (tertiary alicyclic amines) is 1. The Hall–Kier alpha value is -5.72. The lowest BCUT2D eigenvalue weighted by Gasteiger charge is -2.30. The van der Waals surface area contributed by atoms with Gasteiger partial charge in [0.2, 0.25) is 11.8 Å². The molecule has 0 bridgehead atoms. The van der Waals surface area contributed by atoms with E-state index in [-0.39, 0.29) is 54.1 Å². The third-order valence-corrected chi connectivity index (χ3v) is 11.4. The fourth-order valence-corrected chi connectivity index (χ4v) is 8.02. The van der Waals surface area contributed by atoms with E-state index in [4.69, 9.17) is 14.5 Å². The molecule has 1 aromatic heterocycles. The molecule has 2 fully saturated rings. The van der Waals surface area contributed by atoms with Crippen molar-refractivity contribution in [2.45, 2.75) is 90.4 Å². The Labute approximate surface area is 333 Å². The van der Waals surface area contributed by atoms with Gasteiger partial charge in [0.05, 0.1) is 44.5 Å². The van der Waals surface area contributed by atoms with Crippen LogP contribution in [0.2, 0.25) is 0 Å². The number of carbonyl (C=O) groups excluding carboxylic acids is 5. The summed E-state index contributed by atoms with van der Waals surface area (Å²) in [4.78, 5) is 74.1. The number of ether oxygens (including phenoxy) is 2. The molecule has 0 radical (unpaired) electrons. The average Bonchev–Trinajstić information content (AvgIpc) is 4.00. The van der Waals surface area contributed by atoms with Crippen LogP contribution in [0, 0.1) is 17.8 Å². The lowest BCUT2D eigenvalue weighted by atomic mass is 9.91. The molecule has 1 saturated heterocycles. The molecule has 0 spiro atoms. The minimum atomic E-state index is -0.701. The number of fused-ring (bicyclic) bond motifs is 1. The van der Waals surface area contributed by atoms with E-state index >= 15 is 0 Å². The topological polar surface area (TPSA) is 172 Å². The van der Waals surface area contributed by atoms with Gasteiger partial charge in [-0.05, 0) is 90.1 Å². The second-order valence-corrected chi connectivity index (χ2v) is 15.8. The van der Waals surface area contributed by atoms with E-state index in [0.29, 0.717) is 17.9 Å². The highest BCUT2D eigenvalue weighted by Crippen LogP contribution is 2.34. The number of methoxy groups -OCH3 is 2. The quantitative estimate of drug-likeness (QED) is 0.111. The van der Waals surface area contributed by atoms with Crippen molar-refractivity contribution in [2.24, 2.45) is 17.8 Å². The van der Waals surface area contributed by atoms with Gasteiger partial charge >= 0.3 is 12.1 Å². The van der Waals surface area contributed by atoms with Gasteiger partial charge in [0, 0.05) is 29.8 Å². The Morgan fingerprint density at radius 1 is 0.807 bits per heavy atom. The Morgan fingerprint density at radius 3 is 2.18 bits per heavy atom. The first kappa shape index (κ1) is 40.9. The van der Waals surface area contributed by atoms with Crippen molar-refractivity contribution >= 4 is 40.6 Å². The number of hydrogen-bond acceptors (Lipinski definition) is 8. The number of aromatic amines is 1. The van der Waals surface area contributed by atoms with Gasteiger partial charge in [0.25, 0.3) is 5.91 Å². The fraction of sp³-hybridized carbons (Fsp3) is 0.455. The van der Waals surface area contributed by atoms with Gasteiger partial charge in [-0.1, -0.05) is 64.1 Å². The summed E-state index contributed by atoms with van der Waals surface area (Å²) in [5, 5.41) is 11.0. The standard InChI is InChI=1S/C44H54N6O7/c1-25(2)33(23-38(51)56-5)42(53)48-35-13-8-12-34(35)47-41(52)32-11-7-10-27(22-32)28-15-16-30-21-31(18-17-29(30)20-28)36-24-45-40(46-36)37-14-9-19-50(37)43(54)39(26(3)4)49-44(55)57-6/h7,10-11,15-18,20-22,24-26,33-35,37,39H,8-9,12-14,19,23H2,1-6H3,(H,45,46)(H,47,52)(H,48,53)(H,49,55)/t33-,34+,35+,37-,39-/m0/s1. The first-order chi connectivity index (χ1) is 27.4. The molecule has 13 nitrogen and oxygen atoms in total. The molecule has 2 heterocycles. The van der Waals surface area contributed by atoms with Gasteiger partial charge < -0.3 is 35.3 Å². The van der Waals surface area contributed by atoms with Crippen molar-refractivity contribution < 1.29 is 33.4 Å². The van der Waals surface area contributed by atoms with E-state index < -0.39 is 24.0 Å². The third kappa shape index (κ3) is 9.46. The number of benzene rings is 3. The van der Waals surface area contributed by atoms with Crippen LogP contribution in [0.15, 0.2) is 66.9 Å². The number of nitrogens with one attached hydrogen (secondary N) is 4. The summed E-state index contributed by atoms with van der Waals surface area (Å²) in [5.41, 5.74) is 4.20. The van der Waals surface area contributed by atoms with Gasteiger partial charge in [-0.25, -0.2) is 9.78 Å². The van der Waals surface area contributed by atoms with Gasteiger partial charge in [0.15, 0.2) is 0 Å². The van der Waals surface area contributed by atoms with Crippen molar-refractivity contribution in [3.8, 4) is 22.4 Å². The van der Waals surface area contributed by atoms with E-state index in [2.05, 4.69) is 45.2 Å². The molecule has 13 heteroatoms. The smallest absolute Gasteiger partial charge is 0.407 e. The van der Waals surface area contributed by atoms with E-state index in [9.17, 15) is 24.0 Å². The number of esters is 1. The molecule has 1 saturated carbocycles. The molecular formula is C44H54N6O7. The molecule has 1 aliphatic heterocycles. The van der Waals surface area contributed by atoms with Crippen LogP contribution in [0.5, 0.6) is 0 Å². The minimum absolute atomic E-state index is 0.0150. The van der Waals surface area contributed by atoms with E-state index in [1.165, 1.54) is 14.2 Å². The summed E-state index contributed by atoms with van der Waals surface area (Å²) in [6.07, 6.45) is 5.15. The summed E-state index contributed by atoms with van der Waals surface area (Å²) < 4.78 is 9.56. The molecule has 2 aliphatic rings. The Bertz CT molecular complexity index is 2110. The lowest BCUT2D eigenvalue weighted by Crippen LogP contribution is -2.51. The van der Waals surface area contributed by atoms with E-state index in [0.717, 1.165) is 65.3 Å². The maximum Gasteiger partial charge on any atom is 0.407 e. The van der Waals surface area contributed by atoms with Crippen LogP contribution in [0.3, 0.4) is 0 Å². The van der Waals surface area contributed by atoms with E-state index in [1.807, 2.05) is 58.0 Å². The van der Waals surface area contributed by atoms with Crippen LogP contribution in [0.1, 0.15) is 88.4 Å². The maximum absolute atomic E-state index is 13.6. The first-order valence-corrected chi connectivity index (χ1v) is 19.9. The van der Waals surface area contributed by atoms with Crippen molar-refractivity contribution in [2.75, 3.05) is 20.8 Å². The Balaban J connectivity index is 1.12. The molecule has 57 heavy (non-hydrogen) atoms. The van der Waals surface area contributed by atoms with Gasteiger partial charge in [-0.3, -0.25) is 19.2 Å².